The lowest BCUT2D eigenvalue weighted by Gasteiger charge is -2.18. The zero-order valence-corrected chi connectivity index (χ0v) is 17.7. The van der Waals surface area contributed by atoms with Crippen molar-refractivity contribution >= 4 is 23.0 Å². The number of hydrogen-bond acceptors (Lipinski definition) is 9. The predicted octanol–water partition coefficient (Wildman–Crippen LogP) is -0.112. The van der Waals surface area contributed by atoms with Crippen molar-refractivity contribution in [1.82, 2.24) is 30.2 Å². The quantitative estimate of drug-likeness (QED) is 0.408. The highest BCUT2D eigenvalue weighted by Gasteiger charge is 2.44. The van der Waals surface area contributed by atoms with Crippen molar-refractivity contribution in [2.24, 2.45) is 0 Å². The predicted molar refractivity (Wildman–Crippen MR) is 113 cm³/mol. The Morgan fingerprint density at radius 1 is 1.12 bits per heavy atom. The maximum absolute atomic E-state index is 12.1. The SMILES string of the molecule is O=C(NCC1OC(n2cnc3c(NC4CCOC4)ncnc32)C(O)C1O)NC1CCCC1. The number of aliphatic hydroxyl groups excluding tert-OH is 2. The van der Waals surface area contributed by atoms with Crippen LogP contribution in [0.25, 0.3) is 11.2 Å². The van der Waals surface area contributed by atoms with E-state index in [2.05, 4.69) is 30.9 Å². The minimum Gasteiger partial charge on any atom is -0.387 e. The monoisotopic (exact) mass is 447 g/mol. The van der Waals surface area contributed by atoms with E-state index in [-0.39, 0.29) is 24.7 Å². The normalized spacial score (nSPS) is 30.8. The molecule has 2 saturated heterocycles. The molecule has 12 heteroatoms. The molecule has 12 nitrogen and oxygen atoms in total. The van der Waals surface area contributed by atoms with Crippen LogP contribution in [0.15, 0.2) is 12.7 Å². The van der Waals surface area contributed by atoms with Crippen LogP contribution < -0.4 is 16.0 Å². The molecule has 174 valence electrons. The van der Waals surface area contributed by atoms with Gasteiger partial charge in [0.2, 0.25) is 0 Å². The molecule has 5 rings (SSSR count). The lowest BCUT2D eigenvalue weighted by Crippen LogP contribution is -2.46. The number of carbonyl (C=O) groups excluding carboxylic acids is 1. The van der Waals surface area contributed by atoms with Gasteiger partial charge in [0, 0.05) is 19.2 Å². The minimum absolute atomic E-state index is 0.0728. The van der Waals surface area contributed by atoms with Crippen LogP contribution in [0.5, 0.6) is 0 Å². The van der Waals surface area contributed by atoms with E-state index in [1.54, 1.807) is 4.57 Å². The molecule has 2 aliphatic heterocycles. The van der Waals surface area contributed by atoms with Crippen LogP contribution >= 0.6 is 0 Å². The second-order valence-electron chi connectivity index (χ2n) is 8.63. The van der Waals surface area contributed by atoms with Crippen LogP contribution in [0.2, 0.25) is 0 Å². The number of urea groups is 1. The van der Waals surface area contributed by atoms with Gasteiger partial charge in [-0.2, -0.15) is 0 Å². The third kappa shape index (κ3) is 4.22. The molecule has 0 spiro atoms. The van der Waals surface area contributed by atoms with Crippen molar-refractivity contribution in [2.75, 3.05) is 25.1 Å². The first-order valence-electron chi connectivity index (χ1n) is 11.2. The first kappa shape index (κ1) is 21.3. The maximum atomic E-state index is 12.1. The van der Waals surface area contributed by atoms with E-state index in [1.165, 1.54) is 12.7 Å². The topological polar surface area (TPSA) is 156 Å². The van der Waals surface area contributed by atoms with Crippen molar-refractivity contribution in [3.05, 3.63) is 12.7 Å². The zero-order valence-electron chi connectivity index (χ0n) is 17.7. The zero-order chi connectivity index (χ0) is 22.1. The van der Waals surface area contributed by atoms with Crippen LogP contribution in [-0.2, 0) is 9.47 Å². The van der Waals surface area contributed by atoms with Gasteiger partial charge in [-0.15, -0.1) is 0 Å². The Morgan fingerprint density at radius 3 is 2.75 bits per heavy atom. The molecule has 2 aromatic rings. The van der Waals surface area contributed by atoms with Gasteiger partial charge in [0.15, 0.2) is 23.2 Å². The number of ether oxygens (including phenoxy) is 2. The highest BCUT2D eigenvalue weighted by atomic mass is 16.6. The Kier molecular flexibility index (Phi) is 6.09. The number of carbonyl (C=O) groups is 1. The fourth-order valence-electron chi connectivity index (χ4n) is 4.61. The third-order valence-corrected chi connectivity index (χ3v) is 6.39. The molecule has 5 N–H and O–H groups in total. The Bertz CT molecular complexity index is 944. The average molecular weight is 447 g/mol. The second kappa shape index (κ2) is 9.14. The largest absolute Gasteiger partial charge is 0.387 e. The summed E-state index contributed by atoms with van der Waals surface area (Å²) in [7, 11) is 0. The van der Waals surface area contributed by atoms with Crippen molar-refractivity contribution in [3.8, 4) is 0 Å². The fourth-order valence-corrected chi connectivity index (χ4v) is 4.61. The van der Waals surface area contributed by atoms with Gasteiger partial charge >= 0.3 is 6.03 Å². The molecule has 1 aliphatic carbocycles. The highest BCUT2D eigenvalue weighted by molar-refractivity contribution is 5.82. The average Bonchev–Trinajstić information content (AvgIpc) is 3.58. The van der Waals surface area contributed by atoms with Gasteiger partial charge in [-0.1, -0.05) is 12.8 Å². The summed E-state index contributed by atoms with van der Waals surface area (Å²) in [6.45, 7) is 1.38. The number of hydrogen-bond donors (Lipinski definition) is 5. The number of nitrogens with one attached hydrogen (secondary N) is 3. The number of nitrogens with zero attached hydrogens (tertiary/aromatic N) is 4. The lowest BCUT2D eigenvalue weighted by atomic mass is 10.1. The standard InChI is InChI=1S/C20H29N7O5/c28-15-13(7-21-20(30)26-11-3-1-2-4-11)32-19(16(15)29)27-10-24-14-17(22-9-23-18(14)27)25-12-5-6-31-8-12/h9-13,15-16,19,28-29H,1-8H2,(H2,21,26,30)(H,22,23,25). The van der Waals surface area contributed by atoms with Gasteiger partial charge < -0.3 is 35.6 Å². The number of aromatic nitrogens is 4. The van der Waals surface area contributed by atoms with E-state index < -0.39 is 24.5 Å². The first-order chi connectivity index (χ1) is 15.6. The van der Waals surface area contributed by atoms with Crippen molar-refractivity contribution < 1.29 is 24.5 Å². The fraction of sp³-hybridized carbons (Fsp3) is 0.700. The molecule has 0 bridgehead atoms. The molecule has 2 amide bonds. The maximum Gasteiger partial charge on any atom is 0.315 e. The molecule has 0 radical (unpaired) electrons. The molecule has 3 fully saturated rings. The van der Waals surface area contributed by atoms with Gasteiger partial charge in [-0.25, -0.2) is 19.7 Å². The van der Waals surface area contributed by atoms with E-state index in [0.717, 1.165) is 32.1 Å². The summed E-state index contributed by atoms with van der Waals surface area (Å²) in [6, 6.07) is 0.0515. The number of imidazole rings is 1. The third-order valence-electron chi connectivity index (χ3n) is 6.39. The number of amides is 2. The Hall–Kier alpha value is -2.54. The first-order valence-corrected chi connectivity index (χ1v) is 11.2. The van der Waals surface area contributed by atoms with Crippen LogP contribution in [0.1, 0.15) is 38.3 Å². The molecule has 4 heterocycles. The number of fused-ring (bicyclic) bond motifs is 1. The lowest BCUT2D eigenvalue weighted by molar-refractivity contribution is -0.0335. The molecular weight excluding hydrogens is 418 g/mol. The summed E-state index contributed by atoms with van der Waals surface area (Å²) in [5.41, 5.74) is 1.02. The summed E-state index contributed by atoms with van der Waals surface area (Å²) in [5.74, 6) is 0.582. The van der Waals surface area contributed by atoms with Gasteiger partial charge in [-0.05, 0) is 19.3 Å². The summed E-state index contributed by atoms with van der Waals surface area (Å²) in [6.07, 6.45) is 4.00. The molecular formula is C20H29N7O5. The van der Waals surface area contributed by atoms with Gasteiger partial charge in [-0.3, -0.25) is 4.57 Å². The van der Waals surface area contributed by atoms with Crippen molar-refractivity contribution in [1.29, 1.82) is 0 Å². The summed E-state index contributed by atoms with van der Waals surface area (Å²) < 4.78 is 12.9. The van der Waals surface area contributed by atoms with Crippen molar-refractivity contribution in [3.63, 3.8) is 0 Å². The summed E-state index contributed by atoms with van der Waals surface area (Å²) in [4.78, 5) is 25.1. The van der Waals surface area contributed by atoms with E-state index in [9.17, 15) is 15.0 Å². The highest BCUT2D eigenvalue weighted by Crippen LogP contribution is 2.32. The number of aliphatic hydroxyl groups is 2. The molecule has 3 aliphatic rings. The van der Waals surface area contributed by atoms with E-state index in [1.807, 2.05) is 0 Å². The van der Waals surface area contributed by atoms with Crippen LogP contribution in [0, 0.1) is 0 Å². The minimum atomic E-state index is -1.20. The van der Waals surface area contributed by atoms with Gasteiger partial charge in [0.25, 0.3) is 0 Å². The smallest absolute Gasteiger partial charge is 0.315 e. The van der Waals surface area contributed by atoms with E-state index >= 15 is 0 Å². The molecule has 0 aromatic carbocycles. The molecule has 5 unspecified atom stereocenters. The van der Waals surface area contributed by atoms with Crippen LogP contribution in [0.4, 0.5) is 10.6 Å². The summed E-state index contributed by atoms with van der Waals surface area (Å²) in [5, 5.41) is 30.1. The van der Waals surface area contributed by atoms with Crippen molar-refractivity contribution in [2.45, 2.75) is 68.7 Å². The number of rotatable bonds is 6. The van der Waals surface area contributed by atoms with Gasteiger partial charge in [0.1, 0.15) is 24.6 Å². The van der Waals surface area contributed by atoms with E-state index in [4.69, 9.17) is 9.47 Å². The van der Waals surface area contributed by atoms with E-state index in [0.29, 0.717) is 30.2 Å². The second-order valence-corrected chi connectivity index (χ2v) is 8.63. The molecule has 5 atom stereocenters. The Labute approximate surface area is 184 Å². The van der Waals surface area contributed by atoms with Gasteiger partial charge in [0.05, 0.1) is 19.0 Å². The molecule has 32 heavy (non-hydrogen) atoms. The number of anilines is 1. The summed E-state index contributed by atoms with van der Waals surface area (Å²) >= 11 is 0. The molecule has 2 aromatic heterocycles. The Balaban J connectivity index is 1.25. The van der Waals surface area contributed by atoms with Crippen LogP contribution in [0.3, 0.4) is 0 Å². The molecule has 1 saturated carbocycles. The Morgan fingerprint density at radius 2 is 1.97 bits per heavy atom. The van der Waals surface area contributed by atoms with Crippen LogP contribution in [-0.4, -0.2) is 85.9 Å².